The molecule has 36 heavy (non-hydrogen) atoms. The second-order valence-corrected chi connectivity index (χ2v) is 13.0. The molecule has 2 aromatic rings. The van der Waals surface area contributed by atoms with E-state index in [0.717, 1.165) is 17.1 Å². The number of unbranched alkanes of at least 4 members (excludes halogenated alkanes) is 10. The van der Waals surface area contributed by atoms with Crippen LogP contribution in [0.25, 0.3) is 0 Å². The summed E-state index contributed by atoms with van der Waals surface area (Å²) in [6, 6.07) is 15.0. The first kappa shape index (κ1) is 31.2. The van der Waals surface area contributed by atoms with Gasteiger partial charge in [0.15, 0.2) is 0 Å². The molecule has 2 aromatic carbocycles. The number of rotatable bonds is 20. The Kier molecular flexibility index (Phi) is 15.8. The minimum atomic E-state index is -0.231. The van der Waals surface area contributed by atoms with Gasteiger partial charge < -0.3 is 5.11 Å². The van der Waals surface area contributed by atoms with Crippen molar-refractivity contribution < 1.29 is 5.11 Å². The van der Waals surface area contributed by atoms with Crippen molar-refractivity contribution in [3.63, 3.8) is 0 Å². The highest BCUT2D eigenvalue weighted by atomic mass is 32.2. The van der Waals surface area contributed by atoms with Crippen LogP contribution < -0.4 is 0 Å². The fourth-order valence-corrected chi connectivity index (χ4v) is 6.93. The van der Waals surface area contributed by atoms with E-state index >= 15 is 0 Å². The molecule has 1 N–H and O–H groups in total. The number of thioether (sulfide) groups is 2. The Labute approximate surface area is 231 Å². The van der Waals surface area contributed by atoms with E-state index in [4.69, 9.17) is 0 Å². The molecule has 0 atom stereocenters. The van der Waals surface area contributed by atoms with E-state index < -0.39 is 0 Å². The normalized spacial score (nSPS) is 11.8. The van der Waals surface area contributed by atoms with Crippen LogP contribution in [0.5, 0.6) is 5.75 Å². The standard InChI is InChI=1S/C33H52OS2/c1-5-7-9-11-13-17-23-35-26-28-21-22-30(33(3,4)31-19-15-16-20-32(31)34)29(25-28)27-36-24-18-14-12-10-8-6-2/h15-16,19-22,25,34H,5-14,17-18,23-24,26-27H2,1-4H3. The number of benzene rings is 2. The van der Waals surface area contributed by atoms with Crippen LogP contribution >= 0.6 is 23.5 Å². The van der Waals surface area contributed by atoms with Gasteiger partial charge in [0, 0.05) is 22.5 Å². The molecule has 2 rings (SSSR count). The summed E-state index contributed by atoms with van der Waals surface area (Å²) in [5.74, 6) is 5.05. The zero-order chi connectivity index (χ0) is 26.1. The maximum absolute atomic E-state index is 10.6. The molecule has 0 aliphatic heterocycles. The molecular formula is C33H52OS2. The van der Waals surface area contributed by atoms with Gasteiger partial charge in [-0.2, -0.15) is 23.5 Å². The number of aromatic hydroxyl groups is 1. The van der Waals surface area contributed by atoms with Crippen LogP contribution in [0.15, 0.2) is 42.5 Å². The molecule has 3 heteroatoms. The van der Waals surface area contributed by atoms with Crippen LogP contribution in [-0.4, -0.2) is 16.6 Å². The predicted octanol–water partition coefficient (Wildman–Crippen LogP) is 10.9. The third kappa shape index (κ3) is 11.1. The zero-order valence-electron chi connectivity index (χ0n) is 23.6. The van der Waals surface area contributed by atoms with E-state index in [0.29, 0.717) is 5.75 Å². The monoisotopic (exact) mass is 528 g/mol. The Hall–Kier alpha value is -1.06. The summed E-state index contributed by atoms with van der Waals surface area (Å²) in [4.78, 5) is 0. The Morgan fingerprint density at radius 1 is 0.639 bits per heavy atom. The molecule has 0 radical (unpaired) electrons. The van der Waals surface area contributed by atoms with Gasteiger partial charge in [-0.05, 0) is 47.1 Å². The molecule has 0 fully saturated rings. The number of hydrogen-bond donors (Lipinski definition) is 1. The van der Waals surface area contributed by atoms with Crippen molar-refractivity contribution in [3.8, 4) is 5.75 Å². The minimum Gasteiger partial charge on any atom is -0.508 e. The lowest BCUT2D eigenvalue weighted by molar-refractivity contribution is 0.453. The van der Waals surface area contributed by atoms with E-state index in [1.165, 1.54) is 105 Å². The van der Waals surface area contributed by atoms with Gasteiger partial charge in [0.2, 0.25) is 0 Å². The van der Waals surface area contributed by atoms with Gasteiger partial charge in [-0.15, -0.1) is 0 Å². The van der Waals surface area contributed by atoms with Crippen molar-refractivity contribution in [1.82, 2.24) is 0 Å². The second kappa shape index (κ2) is 18.2. The Morgan fingerprint density at radius 2 is 1.19 bits per heavy atom. The predicted molar refractivity (Wildman–Crippen MR) is 166 cm³/mol. The van der Waals surface area contributed by atoms with Gasteiger partial charge in [-0.1, -0.05) is 128 Å². The maximum atomic E-state index is 10.6. The van der Waals surface area contributed by atoms with Crippen molar-refractivity contribution in [2.75, 3.05) is 11.5 Å². The Morgan fingerprint density at radius 3 is 1.81 bits per heavy atom. The summed E-state index contributed by atoms with van der Waals surface area (Å²) >= 11 is 4.17. The zero-order valence-corrected chi connectivity index (χ0v) is 25.3. The number of phenolic OH excluding ortho intramolecular Hbond substituents is 1. The minimum absolute atomic E-state index is 0.231. The number of para-hydroxylation sites is 1. The van der Waals surface area contributed by atoms with Crippen molar-refractivity contribution in [2.24, 2.45) is 0 Å². The number of phenols is 1. The summed E-state index contributed by atoms with van der Waals surface area (Å²) in [7, 11) is 0. The highest BCUT2D eigenvalue weighted by molar-refractivity contribution is 7.98. The van der Waals surface area contributed by atoms with Crippen molar-refractivity contribution in [1.29, 1.82) is 0 Å². The van der Waals surface area contributed by atoms with Gasteiger partial charge in [0.25, 0.3) is 0 Å². The van der Waals surface area contributed by atoms with Crippen LogP contribution in [0.2, 0.25) is 0 Å². The smallest absolute Gasteiger partial charge is 0.119 e. The molecule has 0 aliphatic rings. The average molecular weight is 529 g/mol. The molecule has 0 aromatic heterocycles. The van der Waals surface area contributed by atoms with Crippen LogP contribution in [-0.2, 0) is 16.9 Å². The molecule has 0 unspecified atom stereocenters. The van der Waals surface area contributed by atoms with Gasteiger partial charge in [0.05, 0.1) is 0 Å². The summed E-state index contributed by atoms with van der Waals surface area (Å²) in [6.07, 6.45) is 16.4. The lowest BCUT2D eigenvalue weighted by atomic mass is 9.75. The van der Waals surface area contributed by atoms with E-state index in [2.05, 4.69) is 75.5 Å². The van der Waals surface area contributed by atoms with E-state index in [9.17, 15) is 5.11 Å². The maximum Gasteiger partial charge on any atom is 0.119 e. The lowest BCUT2D eigenvalue weighted by Crippen LogP contribution is -2.21. The quantitative estimate of drug-likeness (QED) is 0.173. The summed E-state index contributed by atoms with van der Waals surface area (Å²) in [5.41, 5.74) is 5.02. The SMILES string of the molecule is CCCCCCCCSCc1ccc(C(C)(C)c2ccccc2O)c(CSCCCCCCCC)c1. The molecule has 0 bridgehead atoms. The topological polar surface area (TPSA) is 20.2 Å². The van der Waals surface area contributed by atoms with Crippen LogP contribution in [0.4, 0.5) is 0 Å². The molecule has 0 heterocycles. The summed E-state index contributed by atoms with van der Waals surface area (Å²) in [6.45, 7) is 9.08. The molecule has 202 valence electrons. The van der Waals surface area contributed by atoms with Gasteiger partial charge >= 0.3 is 0 Å². The average Bonchev–Trinajstić information content (AvgIpc) is 2.87. The molecule has 0 spiro atoms. The Balaban J connectivity index is 2.00. The van der Waals surface area contributed by atoms with E-state index in [1.54, 1.807) is 0 Å². The van der Waals surface area contributed by atoms with E-state index in [-0.39, 0.29) is 5.41 Å². The second-order valence-electron chi connectivity index (χ2n) is 10.8. The third-order valence-corrected chi connectivity index (χ3v) is 9.44. The summed E-state index contributed by atoms with van der Waals surface area (Å²) in [5, 5.41) is 10.6. The van der Waals surface area contributed by atoms with Crippen LogP contribution in [0.3, 0.4) is 0 Å². The van der Waals surface area contributed by atoms with Gasteiger partial charge in [-0.3, -0.25) is 0 Å². The molecule has 0 saturated heterocycles. The first-order chi connectivity index (χ1) is 17.5. The van der Waals surface area contributed by atoms with Crippen molar-refractivity contribution >= 4 is 23.5 Å². The van der Waals surface area contributed by atoms with Gasteiger partial charge in [0.1, 0.15) is 5.75 Å². The van der Waals surface area contributed by atoms with Crippen LogP contribution in [0, 0.1) is 0 Å². The van der Waals surface area contributed by atoms with Crippen molar-refractivity contribution in [3.05, 3.63) is 64.7 Å². The third-order valence-electron chi connectivity index (χ3n) is 7.23. The highest BCUT2D eigenvalue weighted by Crippen LogP contribution is 2.39. The molecule has 1 nitrogen and oxygen atoms in total. The fourth-order valence-electron chi connectivity index (χ4n) is 4.95. The molecule has 0 saturated carbocycles. The van der Waals surface area contributed by atoms with Gasteiger partial charge in [-0.25, -0.2) is 0 Å². The largest absolute Gasteiger partial charge is 0.508 e. The first-order valence-corrected chi connectivity index (χ1v) is 16.9. The number of hydrogen-bond acceptors (Lipinski definition) is 3. The van der Waals surface area contributed by atoms with Crippen molar-refractivity contribution in [2.45, 2.75) is 122 Å². The molecule has 0 aliphatic carbocycles. The van der Waals surface area contributed by atoms with E-state index in [1.807, 2.05) is 18.2 Å². The molecular weight excluding hydrogens is 476 g/mol. The highest BCUT2D eigenvalue weighted by Gasteiger charge is 2.28. The van der Waals surface area contributed by atoms with Crippen LogP contribution in [0.1, 0.15) is 127 Å². The lowest BCUT2D eigenvalue weighted by Gasteiger charge is -2.29. The molecule has 0 amide bonds. The fraction of sp³-hybridized carbons (Fsp3) is 0.636. The summed E-state index contributed by atoms with van der Waals surface area (Å²) < 4.78 is 0. The Bertz CT molecular complexity index is 845. The first-order valence-electron chi connectivity index (χ1n) is 14.6.